The number of aryl methyl sites for hydroxylation is 1. The minimum Gasteiger partial charge on any atom is -0.0870 e. The van der Waals surface area contributed by atoms with E-state index in [-0.39, 0.29) is 0 Å². The van der Waals surface area contributed by atoms with Crippen LogP contribution in [0.15, 0.2) is 72.8 Å². The second-order valence-electron chi connectivity index (χ2n) is 6.63. The Morgan fingerprint density at radius 2 is 1.42 bits per heavy atom. The summed E-state index contributed by atoms with van der Waals surface area (Å²) in [4.78, 5) is 0. The average Bonchev–Trinajstić information content (AvgIpc) is 2.67. The van der Waals surface area contributed by atoms with Crippen molar-refractivity contribution in [2.24, 2.45) is 0 Å². The third-order valence-electron chi connectivity index (χ3n) is 5.00. The Bertz CT molecular complexity index is 1140. The molecule has 0 aliphatic rings. The first kappa shape index (κ1) is 17.3. The number of rotatable bonds is 3. The molecule has 0 aromatic heterocycles. The first-order chi connectivity index (χ1) is 12.7. The van der Waals surface area contributed by atoms with Gasteiger partial charge in [-0.1, -0.05) is 61.5 Å². The fourth-order valence-corrected chi connectivity index (χ4v) is 4.16. The molecule has 26 heavy (non-hydrogen) atoms. The van der Waals surface area contributed by atoms with Gasteiger partial charge in [-0.2, -0.15) is 0 Å². The Morgan fingerprint density at radius 1 is 0.769 bits per heavy atom. The highest BCUT2D eigenvalue weighted by Gasteiger charge is 2.07. The van der Waals surface area contributed by atoms with Crippen molar-refractivity contribution in [2.45, 2.75) is 20.3 Å². The predicted octanol–water partition coefficient (Wildman–Crippen LogP) is 7.86. The lowest BCUT2D eigenvalue weighted by Crippen LogP contribution is -1.89. The zero-order chi connectivity index (χ0) is 18.1. The average molecular weight is 448 g/mol. The first-order valence-electron chi connectivity index (χ1n) is 9.07. The van der Waals surface area contributed by atoms with Crippen molar-refractivity contribution < 1.29 is 0 Å². The third kappa shape index (κ3) is 3.16. The van der Waals surface area contributed by atoms with Crippen LogP contribution in [-0.2, 0) is 6.42 Å². The Hall–Kier alpha value is -2.13. The molecule has 4 aromatic rings. The van der Waals surface area contributed by atoms with Crippen LogP contribution in [0.4, 0.5) is 0 Å². The number of fused-ring (bicyclic) bond motifs is 2. The Morgan fingerprint density at radius 3 is 2.19 bits per heavy atom. The maximum Gasteiger partial charge on any atom is 0.0136 e. The summed E-state index contributed by atoms with van der Waals surface area (Å²) in [7, 11) is 0. The van der Waals surface area contributed by atoms with Crippen LogP contribution in [0.1, 0.15) is 25.0 Å². The molecule has 128 valence electrons. The SMILES string of the molecule is C/C=C\c1c(CC)ccc2cc(-c3ccc4cc(I)ccc4c3)ccc12. The molecule has 0 unspecified atom stereocenters. The van der Waals surface area contributed by atoms with Crippen LogP contribution in [-0.4, -0.2) is 0 Å². The van der Waals surface area contributed by atoms with Crippen molar-refractivity contribution >= 4 is 50.2 Å². The number of allylic oxidation sites excluding steroid dienone is 1. The van der Waals surface area contributed by atoms with Crippen LogP contribution in [0.5, 0.6) is 0 Å². The molecule has 0 aliphatic heterocycles. The van der Waals surface area contributed by atoms with Crippen LogP contribution in [0.2, 0.25) is 0 Å². The molecule has 4 aromatic carbocycles. The van der Waals surface area contributed by atoms with Crippen molar-refractivity contribution in [3.8, 4) is 11.1 Å². The van der Waals surface area contributed by atoms with E-state index in [4.69, 9.17) is 0 Å². The van der Waals surface area contributed by atoms with Crippen LogP contribution in [0, 0.1) is 3.57 Å². The second-order valence-corrected chi connectivity index (χ2v) is 7.88. The summed E-state index contributed by atoms with van der Waals surface area (Å²) in [5.74, 6) is 0. The Labute approximate surface area is 168 Å². The molecule has 1 heteroatoms. The predicted molar refractivity (Wildman–Crippen MR) is 124 cm³/mol. The van der Waals surface area contributed by atoms with E-state index in [1.54, 1.807) is 0 Å². The molecule has 0 N–H and O–H groups in total. The summed E-state index contributed by atoms with van der Waals surface area (Å²) in [5.41, 5.74) is 5.30. The fourth-order valence-electron chi connectivity index (χ4n) is 3.65. The van der Waals surface area contributed by atoms with E-state index in [0.29, 0.717) is 0 Å². The van der Waals surface area contributed by atoms with E-state index in [2.05, 4.69) is 115 Å². The van der Waals surface area contributed by atoms with Gasteiger partial charge < -0.3 is 0 Å². The summed E-state index contributed by atoms with van der Waals surface area (Å²) in [5, 5.41) is 5.22. The summed E-state index contributed by atoms with van der Waals surface area (Å²) in [6.45, 7) is 4.31. The fraction of sp³-hybridized carbons (Fsp3) is 0.120. The molecule has 0 nitrogen and oxygen atoms in total. The topological polar surface area (TPSA) is 0 Å². The van der Waals surface area contributed by atoms with Crippen LogP contribution < -0.4 is 0 Å². The van der Waals surface area contributed by atoms with Gasteiger partial charge in [0.15, 0.2) is 0 Å². The van der Waals surface area contributed by atoms with Gasteiger partial charge >= 0.3 is 0 Å². The first-order valence-corrected chi connectivity index (χ1v) is 10.2. The minimum absolute atomic E-state index is 1.06. The molecule has 0 saturated carbocycles. The number of hydrogen-bond acceptors (Lipinski definition) is 0. The quantitative estimate of drug-likeness (QED) is 0.280. The second kappa shape index (κ2) is 7.24. The lowest BCUT2D eigenvalue weighted by atomic mass is 9.93. The molecule has 0 heterocycles. The van der Waals surface area contributed by atoms with Gasteiger partial charge in [-0.05, 0) is 104 Å². The van der Waals surface area contributed by atoms with Gasteiger partial charge in [0, 0.05) is 3.57 Å². The summed E-state index contributed by atoms with van der Waals surface area (Å²) in [6.07, 6.45) is 5.42. The van der Waals surface area contributed by atoms with Crippen molar-refractivity contribution in [3.63, 3.8) is 0 Å². The highest BCUT2D eigenvalue weighted by molar-refractivity contribution is 14.1. The summed E-state index contributed by atoms with van der Waals surface area (Å²) < 4.78 is 1.27. The highest BCUT2D eigenvalue weighted by Crippen LogP contribution is 2.31. The molecule has 0 spiro atoms. The lowest BCUT2D eigenvalue weighted by Gasteiger charge is -2.11. The van der Waals surface area contributed by atoms with Gasteiger partial charge in [0.2, 0.25) is 0 Å². The zero-order valence-corrected chi connectivity index (χ0v) is 17.2. The number of hydrogen-bond donors (Lipinski definition) is 0. The molecule has 0 saturated heterocycles. The van der Waals surface area contributed by atoms with Gasteiger partial charge in [-0.15, -0.1) is 0 Å². The van der Waals surface area contributed by atoms with Gasteiger partial charge in [0.1, 0.15) is 0 Å². The molecular weight excluding hydrogens is 427 g/mol. The molecule has 0 radical (unpaired) electrons. The van der Waals surface area contributed by atoms with E-state index < -0.39 is 0 Å². The van der Waals surface area contributed by atoms with E-state index >= 15 is 0 Å². The third-order valence-corrected chi connectivity index (χ3v) is 5.67. The molecular formula is C25H21I. The minimum atomic E-state index is 1.06. The largest absolute Gasteiger partial charge is 0.0870 e. The molecule has 0 bridgehead atoms. The van der Waals surface area contributed by atoms with Crippen LogP contribution >= 0.6 is 22.6 Å². The molecule has 4 rings (SSSR count). The monoisotopic (exact) mass is 448 g/mol. The van der Waals surface area contributed by atoms with E-state index in [1.807, 2.05) is 0 Å². The van der Waals surface area contributed by atoms with E-state index in [0.717, 1.165) is 6.42 Å². The maximum atomic E-state index is 2.37. The van der Waals surface area contributed by atoms with Gasteiger partial charge in [0.25, 0.3) is 0 Å². The number of halogens is 1. The van der Waals surface area contributed by atoms with Crippen LogP contribution in [0.3, 0.4) is 0 Å². The smallest absolute Gasteiger partial charge is 0.0136 e. The van der Waals surface area contributed by atoms with Crippen molar-refractivity contribution in [1.82, 2.24) is 0 Å². The van der Waals surface area contributed by atoms with Gasteiger partial charge in [-0.25, -0.2) is 0 Å². The lowest BCUT2D eigenvalue weighted by molar-refractivity contribution is 1.14. The van der Waals surface area contributed by atoms with E-state index in [9.17, 15) is 0 Å². The molecule has 0 amide bonds. The molecule has 0 fully saturated rings. The maximum absolute atomic E-state index is 2.37. The van der Waals surface area contributed by atoms with E-state index in [1.165, 1.54) is 47.4 Å². The van der Waals surface area contributed by atoms with Crippen molar-refractivity contribution in [1.29, 1.82) is 0 Å². The van der Waals surface area contributed by atoms with Gasteiger partial charge in [0.05, 0.1) is 0 Å². The van der Waals surface area contributed by atoms with Crippen molar-refractivity contribution in [2.75, 3.05) is 0 Å². The van der Waals surface area contributed by atoms with Crippen molar-refractivity contribution in [3.05, 3.63) is 87.5 Å². The van der Waals surface area contributed by atoms with Crippen LogP contribution in [0.25, 0.3) is 38.7 Å². The standard InChI is InChI=1S/C25H21I/c1-3-5-24-17(4-2)6-9-22-15-20(11-13-25(22)24)18-7-8-21-16-23(26)12-10-19(21)14-18/h3,5-16H,4H2,1-2H3/b5-3-. The summed E-state index contributed by atoms with van der Waals surface area (Å²) in [6, 6.07) is 24.7. The highest BCUT2D eigenvalue weighted by atomic mass is 127. The zero-order valence-electron chi connectivity index (χ0n) is 15.1. The summed E-state index contributed by atoms with van der Waals surface area (Å²) >= 11 is 2.37. The normalized spacial score (nSPS) is 11.7. The Balaban J connectivity index is 1.86. The Kier molecular flexibility index (Phi) is 4.82. The van der Waals surface area contributed by atoms with Gasteiger partial charge in [-0.3, -0.25) is 0 Å². The molecule has 0 aliphatic carbocycles. The number of benzene rings is 4. The molecule has 0 atom stereocenters.